The molecular formula is C18H24N4OS. The van der Waals surface area contributed by atoms with Crippen molar-refractivity contribution in [3.05, 3.63) is 46.2 Å². The van der Waals surface area contributed by atoms with Crippen molar-refractivity contribution in [3.63, 3.8) is 0 Å². The van der Waals surface area contributed by atoms with E-state index in [1.165, 1.54) is 4.88 Å². The third kappa shape index (κ3) is 4.61. The maximum Gasteiger partial charge on any atom is 0.222 e. The number of hydrogen-bond acceptors (Lipinski definition) is 5. The molecular weight excluding hydrogens is 320 g/mol. The summed E-state index contributed by atoms with van der Waals surface area (Å²) in [5, 5.41) is 0. The molecule has 0 unspecified atom stereocenters. The Morgan fingerprint density at radius 1 is 1.21 bits per heavy atom. The lowest BCUT2D eigenvalue weighted by molar-refractivity contribution is -0.131. The van der Waals surface area contributed by atoms with Gasteiger partial charge < -0.3 is 4.90 Å². The van der Waals surface area contributed by atoms with E-state index in [-0.39, 0.29) is 5.91 Å². The van der Waals surface area contributed by atoms with E-state index in [2.05, 4.69) is 20.9 Å². The molecule has 0 N–H and O–H groups in total. The Balaban J connectivity index is 1.48. The lowest BCUT2D eigenvalue weighted by atomic mass is 10.2. The summed E-state index contributed by atoms with van der Waals surface area (Å²) in [5.74, 6) is 0.266. The van der Waals surface area contributed by atoms with Crippen LogP contribution in [0.5, 0.6) is 0 Å². The second kappa shape index (κ2) is 8.35. The third-order valence-corrected chi connectivity index (χ3v) is 5.46. The third-order valence-electron chi connectivity index (χ3n) is 4.46. The van der Waals surface area contributed by atoms with Crippen molar-refractivity contribution >= 4 is 17.2 Å². The number of carbonyl (C=O) groups is 1. The summed E-state index contributed by atoms with van der Waals surface area (Å²) in [6.45, 7) is 6.49. The lowest BCUT2D eigenvalue weighted by Gasteiger charge is -2.21. The van der Waals surface area contributed by atoms with Crippen molar-refractivity contribution in [2.24, 2.45) is 0 Å². The molecule has 1 amide bonds. The second-order valence-corrected chi connectivity index (χ2v) is 7.13. The summed E-state index contributed by atoms with van der Waals surface area (Å²) in [5.41, 5.74) is 4.01. The van der Waals surface area contributed by atoms with Crippen molar-refractivity contribution in [1.29, 1.82) is 0 Å². The molecule has 2 aromatic heterocycles. The molecule has 0 radical (unpaired) electrons. The SMILES string of the molecule is Cc1ncsc1CCC(=O)N1CCCN(Cc2ccccn2)CC1. The molecule has 0 bridgehead atoms. The van der Waals surface area contributed by atoms with Gasteiger partial charge in [-0.25, -0.2) is 4.98 Å². The number of thiazole rings is 1. The Bertz CT molecular complexity index is 658. The van der Waals surface area contributed by atoms with Gasteiger partial charge in [0.1, 0.15) is 0 Å². The van der Waals surface area contributed by atoms with Gasteiger partial charge in [-0.05, 0) is 31.9 Å². The molecule has 1 fully saturated rings. The Morgan fingerprint density at radius 3 is 2.88 bits per heavy atom. The van der Waals surface area contributed by atoms with Crippen LogP contribution in [0.2, 0.25) is 0 Å². The van der Waals surface area contributed by atoms with E-state index in [0.29, 0.717) is 6.42 Å². The summed E-state index contributed by atoms with van der Waals surface area (Å²) in [7, 11) is 0. The first kappa shape index (κ1) is 17.0. The van der Waals surface area contributed by atoms with Crippen molar-refractivity contribution in [2.45, 2.75) is 32.7 Å². The predicted octanol–water partition coefficient (Wildman–Crippen LogP) is 2.51. The van der Waals surface area contributed by atoms with E-state index in [1.54, 1.807) is 11.3 Å². The van der Waals surface area contributed by atoms with Gasteiger partial charge in [-0.1, -0.05) is 6.07 Å². The zero-order valence-corrected chi connectivity index (χ0v) is 15.0. The summed E-state index contributed by atoms with van der Waals surface area (Å²) in [4.78, 5) is 26.8. The maximum atomic E-state index is 12.5. The van der Waals surface area contributed by atoms with Crippen LogP contribution in [-0.4, -0.2) is 51.9 Å². The molecule has 0 atom stereocenters. The maximum absolute atomic E-state index is 12.5. The first-order chi connectivity index (χ1) is 11.7. The van der Waals surface area contributed by atoms with Gasteiger partial charge in [0, 0.05) is 50.2 Å². The number of amides is 1. The number of aromatic nitrogens is 2. The fourth-order valence-corrected chi connectivity index (χ4v) is 3.83. The number of rotatable bonds is 5. The normalized spacial score (nSPS) is 16.1. The van der Waals surface area contributed by atoms with Gasteiger partial charge >= 0.3 is 0 Å². The van der Waals surface area contributed by atoms with Gasteiger partial charge in [0.25, 0.3) is 0 Å². The van der Waals surface area contributed by atoms with E-state index >= 15 is 0 Å². The Labute approximate surface area is 147 Å². The largest absolute Gasteiger partial charge is 0.341 e. The molecule has 1 aliphatic heterocycles. The molecule has 0 saturated carbocycles. The van der Waals surface area contributed by atoms with Gasteiger partial charge in [-0.15, -0.1) is 11.3 Å². The van der Waals surface area contributed by atoms with Crippen molar-refractivity contribution in [3.8, 4) is 0 Å². The molecule has 5 nitrogen and oxygen atoms in total. The van der Waals surface area contributed by atoms with E-state index < -0.39 is 0 Å². The first-order valence-corrected chi connectivity index (χ1v) is 9.39. The van der Waals surface area contributed by atoms with Gasteiger partial charge in [0.15, 0.2) is 0 Å². The molecule has 3 heterocycles. The van der Waals surface area contributed by atoms with Crippen LogP contribution in [-0.2, 0) is 17.8 Å². The zero-order valence-electron chi connectivity index (χ0n) is 14.1. The highest BCUT2D eigenvalue weighted by Crippen LogP contribution is 2.15. The van der Waals surface area contributed by atoms with E-state index in [1.807, 2.05) is 35.7 Å². The van der Waals surface area contributed by atoms with Crippen LogP contribution in [0.25, 0.3) is 0 Å². The van der Waals surface area contributed by atoms with Gasteiger partial charge in [-0.2, -0.15) is 0 Å². The number of carbonyl (C=O) groups excluding carboxylic acids is 1. The average molecular weight is 344 g/mol. The first-order valence-electron chi connectivity index (χ1n) is 8.51. The van der Waals surface area contributed by atoms with E-state index in [9.17, 15) is 4.79 Å². The highest BCUT2D eigenvalue weighted by Gasteiger charge is 2.19. The highest BCUT2D eigenvalue weighted by atomic mass is 32.1. The minimum atomic E-state index is 0.266. The molecule has 0 spiro atoms. The Kier molecular flexibility index (Phi) is 5.93. The van der Waals surface area contributed by atoms with Gasteiger partial charge in [0.2, 0.25) is 5.91 Å². The van der Waals surface area contributed by atoms with Crippen molar-refractivity contribution < 1.29 is 4.79 Å². The Hall–Kier alpha value is -1.79. The van der Waals surface area contributed by atoms with Crippen LogP contribution in [0.4, 0.5) is 0 Å². The summed E-state index contributed by atoms with van der Waals surface area (Å²) in [6, 6.07) is 6.03. The predicted molar refractivity (Wildman–Crippen MR) is 95.9 cm³/mol. The molecule has 3 rings (SSSR count). The number of nitrogens with zero attached hydrogens (tertiary/aromatic N) is 4. The molecule has 2 aromatic rings. The second-order valence-electron chi connectivity index (χ2n) is 6.19. The number of pyridine rings is 1. The molecule has 6 heteroatoms. The number of hydrogen-bond donors (Lipinski definition) is 0. The minimum Gasteiger partial charge on any atom is -0.341 e. The lowest BCUT2D eigenvalue weighted by Crippen LogP contribution is -2.35. The van der Waals surface area contributed by atoms with Crippen LogP contribution >= 0.6 is 11.3 Å². The average Bonchev–Trinajstić information content (AvgIpc) is 2.86. The highest BCUT2D eigenvalue weighted by molar-refractivity contribution is 7.09. The smallest absolute Gasteiger partial charge is 0.222 e. The van der Waals surface area contributed by atoms with Crippen LogP contribution in [0.3, 0.4) is 0 Å². The van der Waals surface area contributed by atoms with Gasteiger partial charge in [-0.3, -0.25) is 14.7 Å². The van der Waals surface area contributed by atoms with Crippen molar-refractivity contribution in [2.75, 3.05) is 26.2 Å². The fraction of sp³-hybridized carbons (Fsp3) is 0.500. The molecule has 1 saturated heterocycles. The van der Waals surface area contributed by atoms with Crippen LogP contribution in [0.1, 0.15) is 29.1 Å². The molecule has 128 valence electrons. The molecule has 24 heavy (non-hydrogen) atoms. The minimum absolute atomic E-state index is 0.266. The van der Waals surface area contributed by atoms with Gasteiger partial charge in [0.05, 0.1) is 16.9 Å². The van der Waals surface area contributed by atoms with Crippen molar-refractivity contribution in [1.82, 2.24) is 19.8 Å². The summed E-state index contributed by atoms with van der Waals surface area (Å²) < 4.78 is 0. The summed E-state index contributed by atoms with van der Waals surface area (Å²) >= 11 is 1.65. The topological polar surface area (TPSA) is 49.3 Å². The fourth-order valence-electron chi connectivity index (χ4n) is 3.04. The zero-order chi connectivity index (χ0) is 16.8. The summed E-state index contributed by atoms with van der Waals surface area (Å²) in [6.07, 6.45) is 4.26. The van der Waals surface area contributed by atoms with Crippen LogP contribution < -0.4 is 0 Å². The monoisotopic (exact) mass is 344 g/mol. The van der Waals surface area contributed by atoms with E-state index in [0.717, 1.165) is 57.0 Å². The van der Waals surface area contributed by atoms with E-state index in [4.69, 9.17) is 0 Å². The van der Waals surface area contributed by atoms with Crippen LogP contribution in [0.15, 0.2) is 29.9 Å². The standard InChI is InChI=1S/C18H24N4OS/c1-15-17(24-14-20-15)6-7-18(23)22-10-4-9-21(11-12-22)13-16-5-2-3-8-19-16/h2-3,5,8,14H,4,6-7,9-13H2,1H3. The quantitative estimate of drug-likeness (QED) is 0.836. The molecule has 0 aromatic carbocycles. The Morgan fingerprint density at radius 2 is 2.12 bits per heavy atom. The number of aryl methyl sites for hydroxylation is 2. The van der Waals surface area contributed by atoms with Crippen LogP contribution in [0, 0.1) is 6.92 Å². The molecule has 1 aliphatic rings. The molecule has 0 aliphatic carbocycles.